The van der Waals surface area contributed by atoms with Crippen LogP contribution in [-0.2, 0) is 16.8 Å². The fraction of sp³-hybridized carbons (Fsp3) is 0.333. The molecular formula is C18H22N2O2S. The van der Waals surface area contributed by atoms with Crippen molar-refractivity contribution in [1.82, 2.24) is 10.6 Å². The first-order chi connectivity index (χ1) is 10.9. The summed E-state index contributed by atoms with van der Waals surface area (Å²) in [6, 6.07) is 11.4. The lowest BCUT2D eigenvalue weighted by Crippen LogP contribution is -2.36. The van der Waals surface area contributed by atoms with E-state index in [-0.39, 0.29) is 23.8 Å². The van der Waals surface area contributed by atoms with Crippen molar-refractivity contribution in [2.75, 3.05) is 6.54 Å². The topological polar surface area (TPSA) is 58.2 Å². The van der Waals surface area contributed by atoms with Crippen molar-refractivity contribution in [2.24, 2.45) is 0 Å². The highest BCUT2D eigenvalue weighted by Crippen LogP contribution is 2.22. The normalized spacial score (nSPS) is 11.1. The minimum Gasteiger partial charge on any atom is -0.350 e. The number of thiophene rings is 1. The highest BCUT2D eigenvalue weighted by molar-refractivity contribution is 7.09. The Hall–Kier alpha value is -2.14. The highest BCUT2D eigenvalue weighted by atomic mass is 32.1. The van der Waals surface area contributed by atoms with Crippen LogP contribution in [-0.4, -0.2) is 18.4 Å². The summed E-state index contributed by atoms with van der Waals surface area (Å²) in [5.74, 6) is -0.435. The molecule has 2 N–H and O–H groups in total. The van der Waals surface area contributed by atoms with Crippen LogP contribution in [0.1, 0.15) is 41.6 Å². The number of benzene rings is 1. The molecule has 0 radical (unpaired) electrons. The van der Waals surface area contributed by atoms with E-state index in [0.717, 1.165) is 4.88 Å². The molecule has 1 aromatic heterocycles. The van der Waals surface area contributed by atoms with Gasteiger partial charge in [-0.25, -0.2) is 0 Å². The molecule has 5 heteroatoms. The summed E-state index contributed by atoms with van der Waals surface area (Å²) >= 11 is 1.59. The molecule has 0 unspecified atom stereocenters. The van der Waals surface area contributed by atoms with Gasteiger partial charge >= 0.3 is 0 Å². The monoisotopic (exact) mass is 330 g/mol. The molecule has 0 aliphatic heterocycles. The van der Waals surface area contributed by atoms with Crippen LogP contribution in [0.3, 0.4) is 0 Å². The van der Waals surface area contributed by atoms with Crippen LogP contribution >= 0.6 is 11.3 Å². The van der Waals surface area contributed by atoms with Crippen LogP contribution in [0.15, 0.2) is 41.8 Å². The van der Waals surface area contributed by atoms with Gasteiger partial charge < -0.3 is 10.6 Å². The summed E-state index contributed by atoms with van der Waals surface area (Å²) in [4.78, 5) is 24.9. The summed E-state index contributed by atoms with van der Waals surface area (Å²) in [5.41, 5.74) is 1.78. The first-order valence-corrected chi connectivity index (χ1v) is 8.42. The third-order valence-corrected chi connectivity index (χ3v) is 4.34. The van der Waals surface area contributed by atoms with Gasteiger partial charge in [-0.2, -0.15) is 0 Å². The molecule has 0 bridgehead atoms. The molecule has 1 aromatic carbocycles. The lowest BCUT2D eigenvalue weighted by atomic mass is 9.87. The van der Waals surface area contributed by atoms with E-state index in [1.807, 2.05) is 29.6 Å². The van der Waals surface area contributed by atoms with E-state index in [0.29, 0.717) is 12.1 Å². The second kappa shape index (κ2) is 7.42. The largest absolute Gasteiger partial charge is 0.350 e. The van der Waals surface area contributed by atoms with Gasteiger partial charge in [-0.05, 0) is 34.6 Å². The Kier molecular flexibility index (Phi) is 5.55. The zero-order chi connectivity index (χ0) is 16.9. The van der Waals surface area contributed by atoms with Gasteiger partial charge in [0.15, 0.2) is 0 Å². The number of rotatable bonds is 5. The second-order valence-electron chi connectivity index (χ2n) is 6.37. The predicted octanol–water partition coefficient (Wildman–Crippen LogP) is 3.09. The van der Waals surface area contributed by atoms with Crippen LogP contribution in [0.4, 0.5) is 0 Å². The summed E-state index contributed by atoms with van der Waals surface area (Å²) in [5, 5.41) is 7.38. The van der Waals surface area contributed by atoms with Gasteiger partial charge in [-0.3, -0.25) is 9.59 Å². The molecule has 2 amide bonds. The maximum absolute atomic E-state index is 12.1. The van der Waals surface area contributed by atoms with Crippen LogP contribution in [0.2, 0.25) is 0 Å². The zero-order valence-corrected chi connectivity index (χ0v) is 14.5. The molecule has 0 spiro atoms. The van der Waals surface area contributed by atoms with Crippen molar-refractivity contribution in [3.8, 4) is 0 Å². The summed E-state index contributed by atoms with van der Waals surface area (Å²) < 4.78 is 0. The van der Waals surface area contributed by atoms with Crippen molar-refractivity contribution < 1.29 is 9.59 Å². The number of hydrogen-bond donors (Lipinski definition) is 2. The molecule has 2 rings (SSSR count). The van der Waals surface area contributed by atoms with Gasteiger partial charge in [0.2, 0.25) is 5.91 Å². The second-order valence-corrected chi connectivity index (χ2v) is 7.40. The Labute approximate surface area is 140 Å². The molecule has 0 aliphatic carbocycles. The minimum atomic E-state index is -0.239. The standard InChI is InChI=1S/C18H22N2O2S/c1-18(2,3)14-8-6-13(7-9-14)17(22)20-12-16(21)19-11-15-5-4-10-23-15/h4-10H,11-12H2,1-3H3,(H,19,21)(H,20,22). The van der Waals surface area contributed by atoms with Gasteiger partial charge in [-0.15, -0.1) is 11.3 Å². The predicted molar refractivity (Wildman–Crippen MR) is 93.6 cm³/mol. The molecule has 0 fully saturated rings. The van der Waals surface area contributed by atoms with Crippen molar-refractivity contribution >= 4 is 23.2 Å². The Morgan fingerprint density at radius 3 is 2.30 bits per heavy atom. The molecule has 4 nitrogen and oxygen atoms in total. The van der Waals surface area contributed by atoms with Gasteiger partial charge in [0, 0.05) is 10.4 Å². The average molecular weight is 330 g/mol. The number of nitrogens with one attached hydrogen (secondary N) is 2. The summed E-state index contributed by atoms with van der Waals surface area (Å²) in [7, 11) is 0. The lowest BCUT2D eigenvalue weighted by molar-refractivity contribution is -0.120. The van der Waals surface area contributed by atoms with Gasteiger partial charge in [-0.1, -0.05) is 39.0 Å². The maximum Gasteiger partial charge on any atom is 0.251 e. The smallest absolute Gasteiger partial charge is 0.251 e. The SMILES string of the molecule is CC(C)(C)c1ccc(C(=O)NCC(=O)NCc2cccs2)cc1. The minimum absolute atomic E-state index is 0.0226. The van der Waals surface area contributed by atoms with Gasteiger partial charge in [0.1, 0.15) is 0 Å². The van der Waals surface area contributed by atoms with Crippen LogP contribution in [0, 0.1) is 0 Å². The molecule has 1 heterocycles. The highest BCUT2D eigenvalue weighted by Gasteiger charge is 2.14. The number of amides is 2. The maximum atomic E-state index is 12.1. The third kappa shape index (κ3) is 5.21. The number of carbonyl (C=O) groups excluding carboxylic acids is 2. The van der Waals surface area contributed by atoms with Crippen LogP contribution < -0.4 is 10.6 Å². The first kappa shape index (κ1) is 17.2. The van der Waals surface area contributed by atoms with Crippen LogP contribution in [0.25, 0.3) is 0 Å². The summed E-state index contributed by atoms with van der Waals surface area (Å²) in [6.45, 7) is 6.85. The van der Waals surface area contributed by atoms with E-state index in [9.17, 15) is 9.59 Å². The fourth-order valence-electron chi connectivity index (χ4n) is 2.05. The quantitative estimate of drug-likeness (QED) is 0.885. The van der Waals surface area contributed by atoms with E-state index in [4.69, 9.17) is 0 Å². The number of carbonyl (C=O) groups is 2. The van der Waals surface area contributed by atoms with E-state index in [2.05, 4.69) is 31.4 Å². The summed E-state index contributed by atoms with van der Waals surface area (Å²) in [6.07, 6.45) is 0. The molecule has 122 valence electrons. The first-order valence-electron chi connectivity index (χ1n) is 7.54. The molecule has 2 aromatic rings. The van der Waals surface area contributed by atoms with Crippen LogP contribution in [0.5, 0.6) is 0 Å². The lowest BCUT2D eigenvalue weighted by Gasteiger charge is -2.19. The Balaban J connectivity index is 1.81. The van der Waals surface area contributed by atoms with Crippen molar-refractivity contribution in [3.63, 3.8) is 0 Å². The molecule has 0 atom stereocenters. The van der Waals surface area contributed by atoms with Gasteiger partial charge in [0.25, 0.3) is 5.91 Å². The molecule has 0 saturated carbocycles. The average Bonchev–Trinajstić information content (AvgIpc) is 3.03. The van der Waals surface area contributed by atoms with E-state index in [1.165, 1.54) is 5.56 Å². The van der Waals surface area contributed by atoms with E-state index >= 15 is 0 Å². The molecule has 0 aliphatic rings. The van der Waals surface area contributed by atoms with E-state index < -0.39 is 0 Å². The Morgan fingerprint density at radius 1 is 1.04 bits per heavy atom. The zero-order valence-electron chi connectivity index (χ0n) is 13.7. The van der Waals surface area contributed by atoms with E-state index in [1.54, 1.807) is 23.5 Å². The number of hydrogen-bond acceptors (Lipinski definition) is 3. The molecular weight excluding hydrogens is 308 g/mol. The molecule has 0 saturated heterocycles. The van der Waals surface area contributed by atoms with Crippen molar-refractivity contribution in [2.45, 2.75) is 32.7 Å². The third-order valence-electron chi connectivity index (χ3n) is 3.46. The fourth-order valence-corrected chi connectivity index (χ4v) is 2.69. The Bertz CT molecular complexity index is 655. The van der Waals surface area contributed by atoms with Gasteiger partial charge in [0.05, 0.1) is 13.1 Å². The Morgan fingerprint density at radius 2 is 1.74 bits per heavy atom. The van der Waals surface area contributed by atoms with Crippen molar-refractivity contribution in [3.05, 3.63) is 57.8 Å². The van der Waals surface area contributed by atoms with Crippen molar-refractivity contribution in [1.29, 1.82) is 0 Å². The molecule has 23 heavy (non-hydrogen) atoms.